The van der Waals surface area contributed by atoms with Gasteiger partial charge < -0.3 is 29.8 Å². The number of anilines is 1. The molecule has 0 saturated carbocycles. The number of aliphatic hydroxyl groups excluding tert-OH is 1. The van der Waals surface area contributed by atoms with Gasteiger partial charge in [0.1, 0.15) is 30.0 Å². The lowest BCUT2D eigenvalue weighted by molar-refractivity contribution is -0.114. The number of amides is 1. The molecule has 1 saturated heterocycles. The van der Waals surface area contributed by atoms with Crippen LogP contribution in [0, 0.1) is 5.82 Å². The first-order chi connectivity index (χ1) is 16.3. The van der Waals surface area contributed by atoms with E-state index in [1.165, 1.54) is 26.2 Å². The molecule has 4 rings (SSSR count). The van der Waals surface area contributed by atoms with Crippen molar-refractivity contribution in [3.63, 3.8) is 0 Å². The predicted molar refractivity (Wildman–Crippen MR) is 126 cm³/mol. The summed E-state index contributed by atoms with van der Waals surface area (Å²) >= 11 is 0. The monoisotopic (exact) mass is 472 g/mol. The number of halogens is 1. The number of imidazole rings is 1. The minimum atomic E-state index is -0.744. The molecule has 2 aromatic carbocycles. The molecule has 9 nitrogen and oxygen atoms in total. The molecule has 3 aromatic rings. The maximum Gasteiger partial charge on any atom is 0.326 e. The van der Waals surface area contributed by atoms with Gasteiger partial charge in [-0.2, -0.15) is 0 Å². The van der Waals surface area contributed by atoms with E-state index in [2.05, 4.69) is 15.2 Å². The summed E-state index contributed by atoms with van der Waals surface area (Å²) in [5, 5.41) is 13.2. The van der Waals surface area contributed by atoms with Gasteiger partial charge >= 0.3 is 5.69 Å². The van der Waals surface area contributed by atoms with Gasteiger partial charge in [0.05, 0.1) is 23.8 Å². The van der Waals surface area contributed by atoms with Gasteiger partial charge in [-0.05, 0) is 43.2 Å². The first-order valence-electron chi connectivity index (χ1n) is 11.2. The number of nitrogens with zero attached hydrogens (tertiary/aromatic N) is 2. The van der Waals surface area contributed by atoms with Crippen LogP contribution in [0.1, 0.15) is 25.8 Å². The number of hydrogen-bond acceptors (Lipinski definition) is 6. The van der Waals surface area contributed by atoms with Crippen molar-refractivity contribution >= 4 is 22.6 Å². The predicted octanol–water partition coefficient (Wildman–Crippen LogP) is 2.51. The molecule has 1 amide bonds. The number of ether oxygens (including phenoxy) is 2. The van der Waals surface area contributed by atoms with E-state index in [9.17, 15) is 19.1 Å². The molecule has 0 unspecified atom stereocenters. The van der Waals surface area contributed by atoms with Crippen LogP contribution in [0.4, 0.5) is 10.1 Å². The highest BCUT2D eigenvalue weighted by molar-refractivity contribution is 5.90. The number of aromatic amines is 1. The van der Waals surface area contributed by atoms with Gasteiger partial charge in [0.2, 0.25) is 5.91 Å². The first kappa shape index (κ1) is 23.8. The van der Waals surface area contributed by atoms with Gasteiger partial charge in [0.25, 0.3) is 0 Å². The smallest absolute Gasteiger partial charge is 0.326 e. The molecular formula is C24H29FN4O5. The summed E-state index contributed by atoms with van der Waals surface area (Å²) in [5.41, 5.74) is 1.47. The van der Waals surface area contributed by atoms with Crippen LogP contribution in [0.15, 0.2) is 41.2 Å². The number of carbonyl (C=O) groups excluding carboxylic acids is 1. The fourth-order valence-electron chi connectivity index (χ4n) is 4.40. The molecule has 0 spiro atoms. The fraction of sp³-hybridized carbons (Fsp3) is 0.417. The molecule has 34 heavy (non-hydrogen) atoms. The van der Waals surface area contributed by atoms with Crippen LogP contribution in [-0.2, 0) is 4.79 Å². The summed E-state index contributed by atoms with van der Waals surface area (Å²) in [6.07, 6.45) is 0.729. The molecule has 10 heteroatoms. The van der Waals surface area contributed by atoms with Crippen molar-refractivity contribution in [2.75, 3.05) is 38.7 Å². The quantitative estimate of drug-likeness (QED) is 0.465. The van der Waals surface area contributed by atoms with Gasteiger partial charge in [-0.3, -0.25) is 9.36 Å². The Hall–Kier alpha value is -3.37. The SMILES string of the molecule is COc1ccc(NC(C)=O)c(OC[C@@H](O)CN2CCC(n3c(=O)[nH]c4cc(F)ccc43)CC2)c1. The van der Waals surface area contributed by atoms with Crippen LogP contribution >= 0.6 is 0 Å². The lowest BCUT2D eigenvalue weighted by Crippen LogP contribution is -2.42. The molecular weight excluding hydrogens is 443 g/mol. The first-order valence-corrected chi connectivity index (χ1v) is 11.2. The number of carbonyl (C=O) groups is 1. The van der Waals surface area contributed by atoms with E-state index in [-0.39, 0.29) is 30.1 Å². The summed E-state index contributed by atoms with van der Waals surface area (Å²) in [6, 6.07) is 9.39. The summed E-state index contributed by atoms with van der Waals surface area (Å²) in [7, 11) is 1.54. The zero-order valence-corrected chi connectivity index (χ0v) is 19.2. The molecule has 0 aliphatic carbocycles. The van der Waals surface area contributed by atoms with Crippen molar-refractivity contribution in [2.24, 2.45) is 0 Å². The number of aliphatic hydroxyl groups is 1. The Balaban J connectivity index is 1.33. The highest BCUT2D eigenvalue weighted by Gasteiger charge is 2.25. The van der Waals surface area contributed by atoms with Crippen LogP contribution in [0.25, 0.3) is 11.0 Å². The molecule has 2 heterocycles. The second kappa shape index (κ2) is 10.3. The number of benzene rings is 2. The highest BCUT2D eigenvalue weighted by Crippen LogP contribution is 2.30. The molecule has 0 bridgehead atoms. The third kappa shape index (κ3) is 5.40. The number of β-amino-alcohol motifs (C(OH)–C–C–N with tert-alkyl or cyclic N) is 1. The van der Waals surface area contributed by atoms with Gasteiger partial charge in [-0.25, -0.2) is 9.18 Å². The van der Waals surface area contributed by atoms with Gasteiger partial charge in [-0.1, -0.05) is 0 Å². The van der Waals surface area contributed by atoms with Crippen molar-refractivity contribution in [3.05, 3.63) is 52.7 Å². The van der Waals surface area contributed by atoms with Gasteiger partial charge in [-0.15, -0.1) is 0 Å². The Labute approximate surface area is 196 Å². The maximum absolute atomic E-state index is 13.5. The van der Waals surface area contributed by atoms with Crippen LogP contribution in [-0.4, -0.2) is 64.9 Å². The van der Waals surface area contributed by atoms with E-state index in [1.807, 2.05) is 0 Å². The van der Waals surface area contributed by atoms with E-state index in [0.29, 0.717) is 47.9 Å². The lowest BCUT2D eigenvalue weighted by Gasteiger charge is -2.33. The minimum absolute atomic E-state index is 0.00773. The second-order valence-electron chi connectivity index (χ2n) is 8.50. The van der Waals surface area contributed by atoms with Crippen LogP contribution in [0.3, 0.4) is 0 Å². The summed E-state index contributed by atoms with van der Waals surface area (Å²) in [4.78, 5) is 28.8. The molecule has 3 N–H and O–H groups in total. The van der Waals surface area contributed by atoms with Crippen molar-refractivity contribution < 1.29 is 23.8 Å². The molecule has 1 atom stereocenters. The van der Waals surface area contributed by atoms with Crippen LogP contribution in [0.5, 0.6) is 11.5 Å². The second-order valence-corrected chi connectivity index (χ2v) is 8.50. The summed E-state index contributed by atoms with van der Waals surface area (Å²) in [6.45, 7) is 3.29. The standard InChI is InChI=1S/C24H29FN4O5/c1-15(30)26-20-5-4-19(33-2)12-23(20)34-14-18(31)13-28-9-7-17(8-10-28)29-22-6-3-16(25)11-21(22)27-24(29)32/h3-6,11-12,17-18,31H,7-10,13-14H2,1-2H3,(H,26,30)(H,27,32)/t18-/m0/s1. The number of fused-ring (bicyclic) bond motifs is 1. The number of nitrogens with one attached hydrogen (secondary N) is 2. The number of aromatic nitrogens is 2. The zero-order valence-electron chi connectivity index (χ0n) is 19.2. The Bertz CT molecular complexity index is 1220. The van der Waals surface area contributed by atoms with Crippen molar-refractivity contribution in [2.45, 2.75) is 31.9 Å². The molecule has 0 radical (unpaired) electrons. The number of H-pyrrole nitrogens is 1. The Morgan fingerprint density at radius 1 is 1.26 bits per heavy atom. The Morgan fingerprint density at radius 3 is 2.74 bits per heavy atom. The third-order valence-electron chi connectivity index (χ3n) is 6.00. The molecule has 182 valence electrons. The number of methoxy groups -OCH3 is 1. The van der Waals surface area contributed by atoms with E-state index in [1.54, 1.807) is 28.8 Å². The third-order valence-corrected chi connectivity index (χ3v) is 6.00. The van der Waals surface area contributed by atoms with Crippen molar-refractivity contribution in [1.82, 2.24) is 14.5 Å². The molecule has 1 aliphatic heterocycles. The molecule has 1 aromatic heterocycles. The summed E-state index contributed by atoms with van der Waals surface area (Å²) in [5.74, 6) is 0.390. The Kier molecular flexibility index (Phi) is 7.18. The van der Waals surface area contributed by atoms with Crippen molar-refractivity contribution in [1.29, 1.82) is 0 Å². The zero-order chi connectivity index (χ0) is 24.2. The lowest BCUT2D eigenvalue weighted by atomic mass is 10.0. The van der Waals surface area contributed by atoms with E-state index < -0.39 is 6.10 Å². The average molecular weight is 473 g/mol. The van der Waals surface area contributed by atoms with Crippen LogP contribution in [0.2, 0.25) is 0 Å². The fourth-order valence-corrected chi connectivity index (χ4v) is 4.40. The normalized spacial score (nSPS) is 15.9. The largest absolute Gasteiger partial charge is 0.497 e. The minimum Gasteiger partial charge on any atom is -0.497 e. The van der Waals surface area contributed by atoms with E-state index >= 15 is 0 Å². The average Bonchev–Trinajstić information content (AvgIpc) is 3.13. The van der Waals surface area contributed by atoms with Gasteiger partial charge in [0.15, 0.2) is 0 Å². The van der Waals surface area contributed by atoms with Crippen molar-refractivity contribution in [3.8, 4) is 11.5 Å². The topological polar surface area (TPSA) is 109 Å². The van der Waals surface area contributed by atoms with E-state index in [0.717, 1.165) is 12.8 Å². The summed E-state index contributed by atoms with van der Waals surface area (Å²) < 4.78 is 26.2. The number of hydrogen-bond donors (Lipinski definition) is 3. The van der Waals surface area contributed by atoms with Crippen LogP contribution < -0.4 is 20.5 Å². The number of piperidine rings is 1. The Morgan fingerprint density at radius 2 is 2.03 bits per heavy atom. The highest BCUT2D eigenvalue weighted by atomic mass is 19.1. The molecule has 1 fully saturated rings. The van der Waals surface area contributed by atoms with Gasteiger partial charge in [0, 0.05) is 38.7 Å². The number of likely N-dealkylation sites (tertiary alicyclic amines) is 1. The number of rotatable bonds is 8. The van der Waals surface area contributed by atoms with E-state index in [4.69, 9.17) is 9.47 Å². The molecule has 1 aliphatic rings. The maximum atomic E-state index is 13.5.